The quantitative estimate of drug-likeness (QED) is 0.887. The van der Waals surface area contributed by atoms with Crippen LogP contribution in [0.1, 0.15) is 35.8 Å². The van der Waals surface area contributed by atoms with Crippen molar-refractivity contribution in [1.82, 2.24) is 24.9 Å². The molecule has 0 radical (unpaired) electrons. The van der Waals surface area contributed by atoms with Gasteiger partial charge in [0, 0.05) is 44.1 Å². The Bertz CT molecular complexity index is 539. The van der Waals surface area contributed by atoms with Crippen LogP contribution in [0.4, 0.5) is 0 Å². The molecule has 1 aliphatic rings. The van der Waals surface area contributed by atoms with Crippen molar-refractivity contribution in [3.63, 3.8) is 0 Å². The van der Waals surface area contributed by atoms with Crippen LogP contribution >= 0.6 is 0 Å². The number of aryl methyl sites for hydroxylation is 2. The topological polar surface area (TPSA) is 47.7 Å². The molecule has 2 aromatic heterocycles. The van der Waals surface area contributed by atoms with E-state index in [2.05, 4.69) is 21.6 Å². The summed E-state index contributed by atoms with van der Waals surface area (Å²) in [6.45, 7) is 0.819. The lowest BCUT2D eigenvalue weighted by Crippen LogP contribution is -2.25. The van der Waals surface area contributed by atoms with Crippen LogP contribution in [-0.4, -0.2) is 19.6 Å². The maximum atomic E-state index is 4.39. The highest BCUT2D eigenvalue weighted by Gasteiger charge is 2.22. The predicted octanol–water partition coefficient (Wildman–Crippen LogP) is 1.32. The molecule has 0 aliphatic heterocycles. The summed E-state index contributed by atoms with van der Waals surface area (Å²) in [6.07, 6.45) is 7.55. The van der Waals surface area contributed by atoms with Gasteiger partial charge in [0.1, 0.15) is 0 Å². The molecule has 5 nitrogen and oxygen atoms in total. The second kappa shape index (κ2) is 4.57. The molecule has 2 heterocycles. The first-order valence-electron chi connectivity index (χ1n) is 6.46. The number of hydrogen-bond donors (Lipinski definition) is 1. The summed E-state index contributed by atoms with van der Waals surface area (Å²) in [6, 6.07) is 2.48. The molecule has 1 N–H and O–H groups in total. The second-order valence-electron chi connectivity index (χ2n) is 4.98. The fraction of sp³-hybridized carbons (Fsp3) is 0.538. The van der Waals surface area contributed by atoms with Gasteiger partial charge in [0.05, 0.1) is 11.9 Å². The van der Waals surface area contributed by atoms with E-state index in [1.165, 1.54) is 24.1 Å². The van der Waals surface area contributed by atoms with Gasteiger partial charge in [0.15, 0.2) is 0 Å². The van der Waals surface area contributed by atoms with E-state index in [1.54, 1.807) is 0 Å². The van der Waals surface area contributed by atoms with Crippen LogP contribution in [0.25, 0.3) is 0 Å². The Morgan fingerprint density at radius 1 is 1.44 bits per heavy atom. The van der Waals surface area contributed by atoms with Gasteiger partial charge >= 0.3 is 0 Å². The number of aromatic nitrogens is 4. The summed E-state index contributed by atoms with van der Waals surface area (Å²) < 4.78 is 3.84. The van der Waals surface area contributed by atoms with Gasteiger partial charge in [0.2, 0.25) is 0 Å². The van der Waals surface area contributed by atoms with Crippen LogP contribution in [0, 0.1) is 0 Å². The lowest BCUT2D eigenvalue weighted by atomic mass is 9.93. The summed E-state index contributed by atoms with van der Waals surface area (Å²) in [4.78, 5) is 0. The third-order valence-corrected chi connectivity index (χ3v) is 3.67. The van der Waals surface area contributed by atoms with E-state index in [0.717, 1.165) is 18.7 Å². The number of nitrogens with one attached hydrogen (secondary N) is 1. The molecule has 0 spiro atoms. The van der Waals surface area contributed by atoms with Crippen LogP contribution < -0.4 is 5.32 Å². The Morgan fingerprint density at radius 3 is 3.11 bits per heavy atom. The molecular formula is C13H19N5. The molecule has 1 unspecified atom stereocenters. The minimum absolute atomic E-state index is 0.421. The Kier molecular flexibility index (Phi) is 2.91. The normalized spacial score (nSPS) is 18.9. The molecule has 0 aromatic carbocycles. The highest BCUT2D eigenvalue weighted by atomic mass is 15.3. The fourth-order valence-electron chi connectivity index (χ4n) is 2.70. The van der Waals surface area contributed by atoms with Gasteiger partial charge < -0.3 is 5.32 Å². The number of fused-ring (bicyclic) bond motifs is 1. The Morgan fingerprint density at radius 2 is 2.33 bits per heavy atom. The fourth-order valence-corrected chi connectivity index (χ4v) is 2.70. The third-order valence-electron chi connectivity index (χ3n) is 3.67. The van der Waals surface area contributed by atoms with Gasteiger partial charge in [-0.15, -0.1) is 0 Å². The maximum Gasteiger partial charge on any atom is 0.0762 e. The van der Waals surface area contributed by atoms with Crippen molar-refractivity contribution in [2.45, 2.75) is 31.8 Å². The van der Waals surface area contributed by atoms with Crippen molar-refractivity contribution in [2.75, 3.05) is 0 Å². The zero-order chi connectivity index (χ0) is 12.5. The lowest BCUT2D eigenvalue weighted by molar-refractivity contribution is 0.448. The zero-order valence-corrected chi connectivity index (χ0v) is 10.9. The van der Waals surface area contributed by atoms with Crippen molar-refractivity contribution in [3.8, 4) is 0 Å². The third kappa shape index (κ3) is 2.06. The van der Waals surface area contributed by atoms with Gasteiger partial charge in [0.25, 0.3) is 0 Å². The Labute approximate surface area is 107 Å². The molecule has 1 atom stereocenters. The summed E-state index contributed by atoms with van der Waals surface area (Å²) in [5.74, 6) is 0. The van der Waals surface area contributed by atoms with Gasteiger partial charge in [-0.2, -0.15) is 10.2 Å². The van der Waals surface area contributed by atoms with E-state index in [0.29, 0.717) is 6.04 Å². The number of hydrogen-bond acceptors (Lipinski definition) is 3. The smallest absolute Gasteiger partial charge is 0.0762 e. The number of rotatable bonds is 3. The Hall–Kier alpha value is -1.62. The molecule has 0 amide bonds. The predicted molar refractivity (Wildman–Crippen MR) is 68.9 cm³/mol. The molecule has 0 fully saturated rings. The summed E-state index contributed by atoms with van der Waals surface area (Å²) >= 11 is 0. The molecule has 3 rings (SSSR count). The van der Waals surface area contributed by atoms with Crippen molar-refractivity contribution in [1.29, 1.82) is 0 Å². The highest BCUT2D eigenvalue weighted by Crippen LogP contribution is 2.29. The molecule has 96 valence electrons. The molecule has 1 aliphatic carbocycles. The minimum atomic E-state index is 0.421. The van der Waals surface area contributed by atoms with E-state index in [9.17, 15) is 0 Å². The van der Waals surface area contributed by atoms with Gasteiger partial charge in [-0.1, -0.05) is 0 Å². The van der Waals surface area contributed by atoms with Crippen LogP contribution in [0.3, 0.4) is 0 Å². The van der Waals surface area contributed by atoms with Crippen LogP contribution in [0.2, 0.25) is 0 Å². The highest BCUT2D eigenvalue weighted by molar-refractivity contribution is 5.24. The Balaban J connectivity index is 1.71. The molecular weight excluding hydrogens is 226 g/mol. The van der Waals surface area contributed by atoms with Crippen LogP contribution in [-0.2, 0) is 27.1 Å². The molecule has 18 heavy (non-hydrogen) atoms. The van der Waals surface area contributed by atoms with Crippen molar-refractivity contribution < 1.29 is 0 Å². The monoisotopic (exact) mass is 245 g/mol. The van der Waals surface area contributed by atoms with Crippen molar-refractivity contribution in [2.24, 2.45) is 14.1 Å². The summed E-state index contributed by atoms with van der Waals surface area (Å²) in [7, 11) is 3.98. The number of nitrogens with zero attached hydrogens (tertiary/aromatic N) is 4. The van der Waals surface area contributed by atoms with E-state index in [4.69, 9.17) is 0 Å². The average molecular weight is 245 g/mol. The largest absolute Gasteiger partial charge is 0.304 e. The lowest BCUT2D eigenvalue weighted by Gasteiger charge is -2.23. The average Bonchev–Trinajstić information content (AvgIpc) is 2.94. The van der Waals surface area contributed by atoms with E-state index in [-0.39, 0.29) is 0 Å². The molecule has 0 saturated heterocycles. The molecule has 0 saturated carbocycles. The molecule has 5 heteroatoms. The first-order valence-corrected chi connectivity index (χ1v) is 6.46. The van der Waals surface area contributed by atoms with Crippen LogP contribution in [0.5, 0.6) is 0 Å². The van der Waals surface area contributed by atoms with Crippen molar-refractivity contribution in [3.05, 3.63) is 35.4 Å². The van der Waals surface area contributed by atoms with E-state index < -0.39 is 0 Å². The van der Waals surface area contributed by atoms with Crippen molar-refractivity contribution >= 4 is 0 Å². The van der Waals surface area contributed by atoms with Gasteiger partial charge in [-0.25, -0.2) is 0 Å². The first kappa shape index (κ1) is 11.5. The summed E-state index contributed by atoms with van der Waals surface area (Å²) in [5.41, 5.74) is 3.83. The van der Waals surface area contributed by atoms with E-state index >= 15 is 0 Å². The molecule has 2 aromatic rings. The first-order chi connectivity index (χ1) is 8.74. The van der Waals surface area contributed by atoms with Crippen LogP contribution in [0.15, 0.2) is 18.5 Å². The van der Waals surface area contributed by atoms with Gasteiger partial charge in [-0.3, -0.25) is 9.36 Å². The van der Waals surface area contributed by atoms with Gasteiger partial charge in [-0.05, 0) is 25.3 Å². The second-order valence-corrected chi connectivity index (χ2v) is 4.98. The zero-order valence-electron chi connectivity index (χ0n) is 10.9. The maximum absolute atomic E-state index is 4.39. The summed E-state index contributed by atoms with van der Waals surface area (Å²) in [5, 5.41) is 12.3. The minimum Gasteiger partial charge on any atom is -0.304 e. The standard InChI is InChI=1S/C13H19N5/c1-17-7-6-10(16-17)8-14-12-4-3-5-13-11(12)9-15-18(13)2/h6-7,9,12,14H,3-5,8H2,1-2H3. The molecule has 0 bridgehead atoms. The SMILES string of the molecule is Cn1ccc(CNC2CCCc3c2cnn3C)n1. The van der Waals surface area contributed by atoms with E-state index in [1.807, 2.05) is 35.9 Å².